The predicted molar refractivity (Wildman–Crippen MR) is 77.0 cm³/mol. The lowest BCUT2D eigenvalue weighted by Gasteiger charge is -2.26. The Morgan fingerprint density at radius 1 is 1.10 bits per heavy atom. The van der Waals surface area contributed by atoms with Crippen molar-refractivity contribution in [2.24, 2.45) is 0 Å². The first-order valence-electron chi connectivity index (χ1n) is 7.31. The van der Waals surface area contributed by atoms with Crippen LogP contribution in [0.4, 0.5) is 0 Å². The molecule has 0 saturated carbocycles. The molecule has 3 rings (SSSR count). The molecule has 1 saturated heterocycles. The van der Waals surface area contributed by atoms with Crippen molar-refractivity contribution in [1.29, 1.82) is 0 Å². The molecule has 2 aliphatic rings. The van der Waals surface area contributed by atoms with Crippen LogP contribution < -0.4 is 14.8 Å². The number of nitrogens with one attached hydrogen (secondary N) is 1. The summed E-state index contributed by atoms with van der Waals surface area (Å²) in [5.74, 6) is 1.26. The SMILES string of the molecule is O=C(NCCN1CCOCC1)c1ccc2c(c1)OCCO2. The van der Waals surface area contributed by atoms with Crippen LogP contribution in [0.25, 0.3) is 0 Å². The summed E-state index contributed by atoms with van der Waals surface area (Å²) in [4.78, 5) is 14.4. The molecule has 1 amide bonds. The number of morpholine rings is 1. The number of carbonyl (C=O) groups is 1. The zero-order valence-corrected chi connectivity index (χ0v) is 12.0. The van der Waals surface area contributed by atoms with Crippen LogP contribution in [0.3, 0.4) is 0 Å². The van der Waals surface area contributed by atoms with Gasteiger partial charge in [0.1, 0.15) is 13.2 Å². The molecule has 1 N–H and O–H groups in total. The average Bonchev–Trinajstić information content (AvgIpc) is 2.55. The average molecular weight is 292 g/mol. The number of nitrogens with zero attached hydrogens (tertiary/aromatic N) is 1. The minimum Gasteiger partial charge on any atom is -0.486 e. The van der Waals surface area contributed by atoms with E-state index in [-0.39, 0.29) is 5.91 Å². The summed E-state index contributed by atoms with van der Waals surface area (Å²) >= 11 is 0. The molecule has 6 heteroatoms. The first kappa shape index (κ1) is 14.2. The third-order valence-electron chi connectivity index (χ3n) is 3.62. The predicted octanol–water partition coefficient (Wildman–Crippen LogP) is 0.520. The standard InChI is InChI=1S/C15H20N2O4/c18-15(16-3-4-17-5-7-19-8-6-17)12-1-2-13-14(11-12)21-10-9-20-13/h1-2,11H,3-10H2,(H,16,18). The number of amides is 1. The number of ether oxygens (including phenoxy) is 3. The molecule has 6 nitrogen and oxygen atoms in total. The zero-order valence-electron chi connectivity index (χ0n) is 12.0. The molecule has 0 radical (unpaired) electrons. The Kier molecular flexibility index (Phi) is 4.57. The van der Waals surface area contributed by atoms with Crippen LogP contribution in [0.2, 0.25) is 0 Å². The van der Waals surface area contributed by atoms with Crippen LogP contribution in [0.5, 0.6) is 11.5 Å². The van der Waals surface area contributed by atoms with E-state index in [0.29, 0.717) is 36.8 Å². The highest BCUT2D eigenvalue weighted by Crippen LogP contribution is 2.30. The van der Waals surface area contributed by atoms with Gasteiger partial charge in [0.25, 0.3) is 5.91 Å². The van der Waals surface area contributed by atoms with E-state index >= 15 is 0 Å². The molecule has 2 aliphatic heterocycles. The lowest BCUT2D eigenvalue weighted by molar-refractivity contribution is 0.0383. The zero-order chi connectivity index (χ0) is 14.5. The number of fused-ring (bicyclic) bond motifs is 1. The molecule has 1 aromatic rings. The Morgan fingerprint density at radius 2 is 1.86 bits per heavy atom. The van der Waals surface area contributed by atoms with E-state index in [1.807, 2.05) is 0 Å². The van der Waals surface area contributed by atoms with E-state index in [9.17, 15) is 4.79 Å². The van der Waals surface area contributed by atoms with Crippen LogP contribution in [0, 0.1) is 0 Å². The maximum atomic E-state index is 12.1. The second kappa shape index (κ2) is 6.78. The van der Waals surface area contributed by atoms with Crippen LogP contribution >= 0.6 is 0 Å². The lowest BCUT2D eigenvalue weighted by Crippen LogP contribution is -2.41. The molecular formula is C15H20N2O4. The Bertz CT molecular complexity index is 500. The molecule has 0 atom stereocenters. The van der Waals surface area contributed by atoms with Gasteiger partial charge < -0.3 is 19.5 Å². The number of rotatable bonds is 4. The van der Waals surface area contributed by atoms with Crippen molar-refractivity contribution < 1.29 is 19.0 Å². The molecule has 1 fully saturated rings. The van der Waals surface area contributed by atoms with E-state index in [1.165, 1.54) is 0 Å². The molecule has 2 heterocycles. The fourth-order valence-corrected chi connectivity index (χ4v) is 2.44. The highest BCUT2D eigenvalue weighted by molar-refractivity contribution is 5.94. The van der Waals surface area contributed by atoms with Crippen LogP contribution in [0.15, 0.2) is 18.2 Å². The normalized spacial score (nSPS) is 18.3. The van der Waals surface area contributed by atoms with Crippen molar-refractivity contribution >= 4 is 5.91 Å². The molecule has 0 bridgehead atoms. The lowest BCUT2D eigenvalue weighted by atomic mass is 10.2. The summed E-state index contributed by atoms with van der Waals surface area (Å²) in [6.07, 6.45) is 0. The summed E-state index contributed by atoms with van der Waals surface area (Å²) in [5.41, 5.74) is 0.598. The summed E-state index contributed by atoms with van der Waals surface area (Å²) in [5, 5.41) is 2.94. The van der Waals surface area contributed by atoms with Gasteiger partial charge in [0.05, 0.1) is 13.2 Å². The molecular weight excluding hydrogens is 272 g/mol. The molecule has 0 unspecified atom stereocenters. The smallest absolute Gasteiger partial charge is 0.251 e. The molecule has 0 aliphatic carbocycles. The first-order chi connectivity index (χ1) is 10.3. The second-order valence-corrected chi connectivity index (χ2v) is 5.07. The van der Waals surface area contributed by atoms with Gasteiger partial charge in [-0.05, 0) is 18.2 Å². The third-order valence-corrected chi connectivity index (χ3v) is 3.62. The van der Waals surface area contributed by atoms with Crippen molar-refractivity contribution in [3.05, 3.63) is 23.8 Å². The van der Waals surface area contributed by atoms with Crippen molar-refractivity contribution in [1.82, 2.24) is 10.2 Å². The Balaban J connectivity index is 1.50. The highest BCUT2D eigenvalue weighted by Gasteiger charge is 2.15. The summed E-state index contributed by atoms with van der Waals surface area (Å²) < 4.78 is 16.2. The number of hydrogen-bond acceptors (Lipinski definition) is 5. The maximum Gasteiger partial charge on any atom is 0.251 e. The Morgan fingerprint density at radius 3 is 2.67 bits per heavy atom. The Labute approximate surface area is 124 Å². The summed E-state index contributed by atoms with van der Waals surface area (Å²) in [6, 6.07) is 5.28. The van der Waals surface area contributed by atoms with E-state index < -0.39 is 0 Å². The molecule has 114 valence electrons. The van der Waals surface area contributed by atoms with Crippen molar-refractivity contribution in [2.45, 2.75) is 0 Å². The second-order valence-electron chi connectivity index (χ2n) is 5.07. The highest BCUT2D eigenvalue weighted by atomic mass is 16.6. The topological polar surface area (TPSA) is 60.0 Å². The number of hydrogen-bond donors (Lipinski definition) is 1. The summed E-state index contributed by atoms with van der Waals surface area (Å²) in [7, 11) is 0. The number of benzene rings is 1. The quantitative estimate of drug-likeness (QED) is 0.877. The monoisotopic (exact) mass is 292 g/mol. The first-order valence-corrected chi connectivity index (χ1v) is 7.31. The molecule has 21 heavy (non-hydrogen) atoms. The minimum atomic E-state index is -0.0831. The van der Waals surface area contributed by atoms with E-state index in [4.69, 9.17) is 14.2 Å². The van der Waals surface area contributed by atoms with Crippen molar-refractivity contribution in [3.63, 3.8) is 0 Å². The fourth-order valence-electron chi connectivity index (χ4n) is 2.44. The Hall–Kier alpha value is -1.79. The van der Waals surface area contributed by atoms with Gasteiger partial charge in [-0.25, -0.2) is 0 Å². The van der Waals surface area contributed by atoms with Gasteiger partial charge in [0, 0.05) is 31.7 Å². The van der Waals surface area contributed by atoms with E-state index in [2.05, 4.69) is 10.2 Å². The maximum absolute atomic E-state index is 12.1. The fraction of sp³-hybridized carbons (Fsp3) is 0.533. The minimum absolute atomic E-state index is 0.0831. The van der Waals surface area contributed by atoms with Gasteiger partial charge in [-0.3, -0.25) is 9.69 Å². The van der Waals surface area contributed by atoms with Crippen LogP contribution in [-0.2, 0) is 4.74 Å². The van der Waals surface area contributed by atoms with Gasteiger partial charge in [0.2, 0.25) is 0 Å². The van der Waals surface area contributed by atoms with Crippen LogP contribution in [0.1, 0.15) is 10.4 Å². The van der Waals surface area contributed by atoms with E-state index in [0.717, 1.165) is 32.8 Å². The van der Waals surface area contributed by atoms with Crippen molar-refractivity contribution in [3.8, 4) is 11.5 Å². The van der Waals surface area contributed by atoms with E-state index in [1.54, 1.807) is 18.2 Å². The number of carbonyl (C=O) groups excluding carboxylic acids is 1. The molecule has 1 aromatic carbocycles. The van der Waals surface area contributed by atoms with Crippen molar-refractivity contribution in [2.75, 3.05) is 52.6 Å². The van der Waals surface area contributed by atoms with Gasteiger partial charge in [-0.15, -0.1) is 0 Å². The third kappa shape index (κ3) is 3.65. The largest absolute Gasteiger partial charge is 0.486 e. The van der Waals surface area contributed by atoms with Gasteiger partial charge >= 0.3 is 0 Å². The molecule has 0 aromatic heterocycles. The van der Waals surface area contributed by atoms with Gasteiger partial charge in [0.15, 0.2) is 11.5 Å². The van der Waals surface area contributed by atoms with Crippen LogP contribution in [-0.4, -0.2) is 63.4 Å². The van der Waals surface area contributed by atoms with Gasteiger partial charge in [-0.1, -0.05) is 0 Å². The molecule has 0 spiro atoms. The van der Waals surface area contributed by atoms with Gasteiger partial charge in [-0.2, -0.15) is 0 Å². The summed E-state index contributed by atoms with van der Waals surface area (Å²) in [6.45, 7) is 5.96.